The predicted octanol–water partition coefficient (Wildman–Crippen LogP) is 3.86. The van der Waals surface area contributed by atoms with Gasteiger partial charge in [0.25, 0.3) is 0 Å². The van der Waals surface area contributed by atoms with Crippen LogP contribution in [-0.2, 0) is 6.42 Å². The van der Waals surface area contributed by atoms with Crippen molar-refractivity contribution in [3.05, 3.63) is 17.5 Å². The van der Waals surface area contributed by atoms with Gasteiger partial charge in [0.15, 0.2) is 0 Å². The maximum atomic E-state index is 5.39. The second kappa shape index (κ2) is 6.75. The molecule has 1 heterocycles. The molecule has 0 radical (unpaired) electrons. The minimum atomic E-state index is 0.697. The molecular formula is C17H28N2O. The molecule has 0 bridgehead atoms. The number of nitrogens with zero attached hydrogens (tertiary/aromatic N) is 1. The fourth-order valence-corrected chi connectivity index (χ4v) is 4.03. The van der Waals surface area contributed by atoms with E-state index in [4.69, 9.17) is 4.52 Å². The van der Waals surface area contributed by atoms with Crippen LogP contribution in [0.1, 0.15) is 62.8 Å². The molecule has 1 N–H and O–H groups in total. The van der Waals surface area contributed by atoms with Gasteiger partial charge < -0.3 is 9.84 Å². The van der Waals surface area contributed by atoms with Crippen molar-refractivity contribution < 1.29 is 4.52 Å². The molecular weight excluding hydrogens is 248 g/mol. The molecule has 1 aromatic heterocycles. The van der Waals surface area contributed by atoms with Crippen LogP contribution < -0.4 is 5.32 Å². The fourth-order valence-electron chi connectivity index (χ4n) is 4.03. The van der Waals surface area contributed by atoms with Gasteiger partial charge in [-0.25, -0.2) is 0 Å². The lowest BCUT2D eigenvalue weighted by atomic mass is 9.88. The Labute approximate surface area is 122 Å². The van der Waals surface area contributed by atoms with Crippen molar-refractivity contribution in [2.24, 2.45) is 11.8 Å². The van der Waals surface area contributed by atoms with Crippen LogP contribution in [0.4, 0.5) is 0 Å². The first-order valence-corrected chi connectivity index (χ1v) is 8.47. The molecule has 3 nitrogen and oxygen atoms in total. The van der Waals surface area contributed by atoms with E-state index in [1.54, 1.807) is 0 Å². The highest BCUT2D eigenvalue weighted by Gasteiger charge is 2.28. The molecule has 2 fully saturated rings. The highest BCUT2D eigenvalue weighted by Crippen LogP contribution is 2.30. The van der Waals surface area contributed by atoms with Gasteiger partial charge in [-0.05, 0) is 51.0 Å². The van der Waals surface area contributed by atoms with E-state index in [-0.39, 0.29) is 0 Å². The van der Waals surface area contributed by atoms with Crippen LogP contribution in [-0.4, -0.2) is 17.7 Å². The minimum Gasteiger partial charge on any atom is -0.361 e. The number of hydrogen-bond acceptors (Lipinski definition) is 3. The van der Waals surface area contributed by atoms with Gasteiger partial charge >= 0.3 is 0 Å². The summed E-state index contributed by atoms with van der Waals surface area (Å²) in [5, 5.41) is 7.87. The normalized spacial score (nSPS) is 28.1. The minimum absolute atomic E-state index is 0.697. The predicted molar refractivity (Wildman–Crippen MR) is 80.7 cm³/mol. The van der Waals surface area contributed by atoms with Crippen molar-refractivity contribution in [2.75, 3.05) is 6.54 Å². The zero-order valence-electron chi connectivity index (χ0n) is 12.7. The summed E-state index contributed by atoms with van der Waals surface area (Å²) in [4.78, 5) is 0. The van der Waals surface area contributed by atoms with E-state index in [0.717, 1.165) is 29.7 Å². The van der Waals surface area contributed by atoms with Gasteiger partial charge in [0.2, 0.25) is 0 Å². The fraction of sp³-hybridized carbons (Fsp3) is 0.824. The zero-order valence-corrected chi connectivity index (χ0v) is 12.7. The molecule has 20 heavy (non-hydrogen) atoms. The first kappa shape index (κ1) is 14.1. The Morgan fingerprint density at radius 2 is 2.00 bits per heavy atom. The van der Waals surface area contributed by atoms with Gasteiger partial charge in [-0.3, -0.25) is 0 Å². The molecule has 112 valence electrons. The Balaban J connectivity index is 1.47. The number of hydrogen-bond donors (Lipinski definition) is 1. The van der Waals surface area contributed by atoms with Crippen LogP contribution in [0.15, 0.2) is 10.6 Å². The van der Waals surface area contributed by atoms with Gasteiger partial charge in [0, 0.05) is 18.5 Å². The Morgan fingerprint density at radius 1 is 1.15 bits per heavy atom. The van der Waals surface area contributed by atoms with E-state index in [9.17, 15) is 0 Å². The third kappa shape index (κ3) is 3.63. The van der Waals surface area contributed by atoms with Crippen molar-refractivity contribution >= 4 is 0 Å². The topological polar surface area (TPSA) is 38.1 Å². The van der Waals surface area contributed by atoms with Gasteiger partial charge in [-0.1, -0.05) is 30.8 Å². The zero-order chi connectivity index (χ0) is 13.8. The molecule has 0 amide bonds. The highest BCUT2D eigenvalue weighted by atomic mass is 16.5. The van der Waals surface area contributed by atoms with E-state index in [1.165, 1.54) is 57.9 Å². The van der Waals surface area contributed by atoms with Crippen LogP contribution in [0.2, 0.25) is 0 Å². The second-order valence-corrected chi connectivity index (χ2v) is 6.85. The average Bonchev–Trinajstić information content (AvgIpc) is 3.07. The standard InChI is InChI=1S/C17H28N2O/c1-13-10-16(20-19-13)11-15-8-5-9-17(15)18-12-14-6-3-2-4-7-14/h10,14-15,17-18H,2-9,11-12H2,1H3/t15-,17+/m0/s1. The Hall–Kier alpha value is -0.830. The molecule has 2 aliphatic carbocycles. The summed E-state index contributed by atoms with van der Waals surface area (Å²) >= 11 is 0. The third-order valence-corrected chi connectivity index (χ3v) is 5.19. The van der Waals surface area contributed by atoms with Gasteiger partial charge in [0.1, 0.15) is 5.76 Å². The largest absolute Gasteiger partial charge is 0.361 e. The van der Waals surface area contributed by atoms with E-state index >= 15 is 0 Å². The van der Waals surface area contributed by atoms with Gasteiger partial charge in [-0.15, -0.1) is 0 Å². The molecule has 2 atom stereocenters. The molecule has 0 aromatic carbocycles. The van der Waals surface area contributed by atoms with Crippen molar-refractivity contribution in [2.45, 2.75) is 70.8 Å². The Bertz CT molecular complexity index is 409. The van der Waals surface area contributed by atoms with Crippen LogP contribution >= 0.6 is 0 Å². The number of aryl methyl sites for hydroxylation is 1. The Morgan fingerprint density at radius 3 is 2.75 bits per heavy atom. The molecule has 0 spiro atoms. The molecule has 0 saturated heterocycles. The van der Waals surface area contributed by atoms with Crippen molar-refractivity contribution in [3.8, 4) is 0 Å². The third-order valence-electron chi connectivity index (χ3n) is 5.19. The lowest BCUT2D eigenvalue weighted by Crippen LogP contribution is -2.37. The molecule has 2 aliphatic rings. The van der Waals surface area contributed by atoms with Gasteiger partial charge in [0.05, 0.1) is 5.69 Å². The van der Waals surface area contributed by atoms with E-state index < -0.39 is 0 Å². The highest BCUT2D eigenvalue weighted by molar-refractivity contribution is 5.05. The molecule has 1 aromatic rings. The second-order valence-electron chi connectivity index (χ2n) is 6.85. The maximum Gasteiger partial charge on any atom is 0.137 e. The molecule has 0 aliphatic heterocycles. The van der Waals surface area contributed by atoms with Gasteiger partial charge in [-0.2, -0.15) is 0 Å². The lowest BCUT2D eigenvalue weighted by molar-refractivity contribution is 0.293. The lowest BCUT2D eigenvalue weighted by Gasteiger charge is -2.26. The summed E-state index contributed by atoms with van der Waals surface area (Å²) < 4.78 is 5.39. The van der Waals surface area contributed by atoms with Crippen molar-refractivity contribution in [1.29, 1.82) is 0 Å². The summed E-state index contributed by atoms with van der Waals surface area (Å²) in [5.41, 5.74) is 1.00. The van der Waals surface area contributed by atoms with E-state index in [1.807, 2.05) is 6.92 Å². The van der Waals surface area contributed by atoms with Crippen LogP contribution in [0.5, 0.6) is 0 Å². The molecule has 0 unspecified atom stereocenters. The monoisotopic (exact) mass is 276 g/mol. The Kier molecular flexibility index (Phi) is 4.77. The van der Waals surface area contributed by atoms with Crippen LogP contribution in [0, 0.1) is 18.8 Å². The van der Waals surface area contributed by atoms with Crippen LogP contribution in [0.3, 0.4) is 0 Å². The summed E-state index contributed by atoms with van der Waals surface area (Å²) in [6, 6.07) is 2.79. The smallest absolute Gasteiger partial charge is 0.137 e. The first-order chi connectivity index (χ1) is 9.81. The first-order valence-electron chi connectivity index (χ1n) is 8.47. The SMILES string of the molecule is Cc1cc(C[C@@H]2CCC[C@H]2NCC2CCCCC2)on1. The van der Waals surface area contributed by atoms with Crippen molar-refractivity contribution in [3.63, 3.8) is 0 Å². The molecule has 3 heteroatoms. The van der Waals surface area contributed by atoms with Crippen molar-refractivity contribution in [1.82, 2.24) is 10.5 Å². The quantitative estimate of drug-likeness (QED) is 0.887. The summed E-state index contributed by atoms with van der Waals surface area (Å²) in [6.07, 6.45) is 12.3. The summed E-state index contributed by atoms with van der Waals surface area (Å²) in [6.45, 7) is 3.23. The number of nitrogens with one attached hydrogen (secondary N) is 1. The van der Waals surface area contributed by atoms with E-state index in [2.05, 4.69) is 16.5 Å². The summed E-state index contributed by atoms with van der Waals surface area (Å²) in [5.74, 6) is 2.74. The summed E-state index contributed by atoms with van der Waals surface area (Å²) in [7, 11) is 0. The van der Waals surface area contributed by atoms with E-state index in [0.29, 0.717) is 6.04 Å². The maximum absolute atomic E-state index is 5.39. The average molecular weight is 276 g/mol. The molecule has 2 saturated carbocycles. The number of aromatic nitrogens is 1. The number of rotatable bonds is 5. The molecule has 3 rings (SSSR count). The van der Waals surface area contributed by atoms with Crippen LogP contribution in [0.25, 0.3) is 0 Å².